The van der Waals surface area contributed by atoms with Crippen molar-refractivity contribution in [1.82, 2.24) is 9.97 Å². The molecule has 0 N–H and O–H groups in total. The van der Waals surface area contributed by atoms with Crippen molar-refractivity contribution in [3.05, 3.63) is 84.8 Å². The second-order valence-corrected chi connectivity index (χ2v) is 8.45. The largest absolute Gasteiger partial charge is 0.454 e. The maximum absolute atomic E-state index is 6.00. The number of nitrogens with zero attached hydrogens (tertiary/aromatic N) is 2. The Morgan fingerprint density at radius 1 is 0.793 bits per heavy atom. The predicted molar refractivity (Wildman–Crippen MR) is 119 cm³/mol. The van der Waals surface area contributed by atoms with Crippen LogP contribution in [0.15, 0.2) is 83.7 Å². The van der Waals surface area contributed by atoms with E-state index >= 15 is 0 Å². The third-order valence-corrected chi connectivity index (χ3v) is 5.33. The van der Waals surface area contributed by atoms with Crippen LogP contribution in [0.5, 0.6) is 0 Å². The smallest absolute Gasteiger partial charge is 0.153 e. The average Bonchev–Trinajstić information content (AvgIpc) is 3.17. The van der Waals surface area contributed by atoms with E-state index < -0.39 is 0 Å². The minimum atomic E-state index is 0.0406. The van der Waals surface area contributed by atoms with Gasteiger partial charge < -0.3 is 4.42 Å². The monoisotopic (exact) mass is 378 g/mol. The number of hydrogen-bond donors (Lipinski definition) is 0. The average molecular weight is 378 g/mol. The zero-order valence-corrected chi connectivity index (χ0v) is 16.8. The summed E-state index contributed by atoms with van der Waals surface area (Å²) in [5, 5.41) is 3.58. The van der Waals surface area contributed by atoms with Crippen LogP contribution in [0.3, 0.4) is 0 Å². The molecule has 0 spiro atoms. The summed E-state index contributed by atoms with van der Waals surface area (Å²) in [5.74, 6) is 0.827. The molecule has 0 fully saturated rings. The highest BCUT2D eigenvalue weighted by Crippen LogP contribution is 2.35. The van der Waals surface area contributed by atoms with Gasteiger partial charge in [0.2, 0.25) is 0 Å². The van der Waals surface area contributed by atoms with Crippen molar-refractivity contribution in [3.8, 4) is 22.6 Å². The maximum atomic E-state index is 6.00. The molecule has 3 nitrogen and oxygen atoms in total. The standard InChI is InChI=1S/C26H22N2O/c1-26(2,3)22-13-20(12-17-6-4-5-7-21(17)22)23-14-18(9-11-28-23)24-15-19-8-10-27-16-25(19)29-24/h4-16H,1-3H3. The van der Waals surface area contributed by atoms with E-state index in [-0.39, 0.29) is 5.41 Å². The molecule has 5 rings (SSSR count). The summed E-state index contributed by atoms with van der Waals surface area (Å²) in [5.41, 5.74) is 5.23. The van der Waals surface area contributed by atoms with Gasteiger partial charge in [0.1, 0.15) is 5.76 Å². The van der Waals surface area contributed by atoms with Crippen molar-refractivity contribution < 1.29 is 4.42 Å². The van der Waals surface area contributed by atoms with Crippen LogP contribution in [0.25, 0.3) is 44.3 Å². The summed E-state index contributed by atoms with van der Waals surface area (Å²) in [6.07, 6.45) is 5.38. The van der Waals surface area contributed by atoms with E-state index in [4.69, 9.17) is 4.42 Å². The molecule has 0 aliphatic heterocycles. The third kappa shape index (κ3) is 3.19. The Bertz CT molecular complexity index is 1310. The molecule has 5 aromatic rings. The fourth-order valence-corrected chi connectivity index (χ4v) is 3.85. The van der Waals surface area contributed by atoms with Gasteiger partial charge in [-0.15, -0.1) is 0 Å². The molecule has 0 radical (unpaired) electrons. The Balaban J connectivity index is 1.67. The first kappa shape index (κ1) is 17.6. The van der Waals surface area contributed by atoms with E-state index in [1.54, 1.807) is 12.4 Å². The normalized spacial score (nSPS) is 12.0. The molecule has 3 heterocycles. The van der Waals surface area contributed by atoms with Gasteiger partial charge in [-0.3, -0.25) is 9.97 Å². The van der Waals surface area contributed by atoms with Crippen molar-refractivity contribution >= 4 is 21.7 Å². The molecular weight excluding hydrogens is 356 g/mol. The number of furan rings is 1. The van der Waals surface area contributed by atoms with Crippen molar-refractivity contribution in [2.75, 3.05) is 0 Å². The molecule has 0 aliphatic rings. The molecule has 29 heavy (non-hydrogen) atoms. The summed E-state index contributed by atoms with van der Waals surface area (Å²) in [6, 6.07) is 21.2. The molecule has 0 bridgehead atoms. The number of rotatable bonds is 2. The van der Waals surface area contributed by atoms with E-state index in [1.807, 2.05) is 18.3 Å². The summed E-state index contributed by atoms with van der Waals surface area (Å²) in [6.45, 7) is 6.76. The van der Waals surface area contributed by atoms with Crippen LogP contribution < -0.4 is 0 Å². The number of aromatic nitrogens is 2. The Labute approximate surface area is 170 Å². The fourth-order valence-electron chi connectivity index (χ4n) is 3.85. The lowest BCUT2D eigenvalue weighted by atomic mass is 9.82. The van der Waals surface area contributed by atoms with Crippen LogP contribution >= 0.6 is 0 Å². The van der Waals surface area contributed by atoms with Gasteiger partial charge in [0, 0.05) is 28.9 Å². The van der Waals surface area contributed by atoms with Crippen molar-refractivity contribution in [1.29, 1.82) is 0 Å². The highest BCUT2D eigenvalue weighted by atomic mass is 16.3. The number of pyridine rings is 2. The van der Waals surface area contributed by atoms with Crippen molar-refractivity contribution in [2.24, 2.45) is 0 Å². The van der Waals surface area contributed by atoms with Gasteiger partial charge in [-0.2, -0.15) is 0 Å². The van der Waals surface area contributed by atoms with Gasteiger partial charge in [-0.05, 0) is 58.1 Å². The van der Waals surface area contributed by atoms with Gasteiger partial charge in [0.05, 0.1) is 11.9 Å². The van der Waals surface area contributed by atoms with Crippen LogP contribution in [0, 0.1) is 0 Å². The van der Waals surface area contributed by atoms with Gasteiger partial charge in [0.15, 0.2) is 5.58 Å². The Morgan fingerprint density at radius 2 is 1.66 bits per heavy atom. The molecule has 3 heteroatoms. The quantitative estimate of drug-likeness (QED) is 0.332. The highest BCUT2D eigenvalue weighted by molar-refractivity contribution is 5.91. The molecular formula is C26H22N2O. The SMILES string of the molecule is CC(C)(C)c1cc(-c2cc(-c3cc4ccncc4o3)ccn2)cc2ccccc12. The van der Waals surface area contributed by atoms with Crippen LogP contribution in [0.4, 0.5) is 0 Å². The second-order valence-electron chi connectivity index (χ2n) is 8.45. The van der Waals surface area contributed by atoms with Gasteiger partial charge in [-0.1, -0.05) is 45.0 Å². The lowest BCUT2D eigenvalue weighted by Gasteiger charge is -2.22. The van der Waals surface area contributed by atoms with Crippen LogP contribution in [0.2, 0.25) is 0 Å². The Kier molecular flexibility index (Phi) is 3.99. The van der Waals surface area contributed by atoms with E-state index in [0.717, 1.165) is 33.6 Å². The highest BCUT2D eigenvalue weighted by Gasteiger charge is 2.19. The van der Waals surface area contributed by atoms with Crippen LogP contribution in [0.1, 0.15) is 26.3 Å². The molecule has 0 atom stereocenters. The summed E-state index contributed by atoms with van der Waals surface area (Å²) < 4.78 is 6.00. The number of benzene rings is 2. The summed E-state index contributed by atoms with van der Waals surface area (Å²) in [4.78, 5) is 8.81. The van der Waals surface area contributed by atoms with Crippen LogP contribution in [-0.4, -0.2) is 9.97 Å². The maximum Gasteiger partial charge on any atom is 0.153 e. The number of fused-ring (bicyclic) bond motifs is 2. The van der Waals surface area contributed by atoms with Gasteiger partial charge in [0.25, 0.3) is 0 Å². The molecule has 142 valence electrons. The fraction of sp³-hybridized carbons (Fsp3) is 0.154. The van der Waals surface area contributed by atoms with Gasteiger partial charge in [-0.25, -0.2) is 0 Å². The lowest BCUT2D eigenvalue weighted by Crippen LogP contribution is -2.12. The van der Waals surface area contributed by atoms with Crippen molar-refractivity contribution in [2.45, 2.75) is 26.2 Å². The van der Waals surface area contributed by atoms with E-state index in [2.05, 4.69) is 79.3 Å². The van der Waals surface area contributed by atoms with Crippen LogP contribution in [-0.2, 0) is 5.41 Å². The zero-order chi connectivity index (χ0) is 20.0. The van der Waals surface area contributed by atoms with Gasteiger partial charge >= 0.3 is 0 Å². The molecule has 3 aromatic heterocycles. The van der Waals surface area contributed by atoms with E-state index in [0.29, 0.717) is 0 Å². The molecule has 2 aromatic carbocycles. The third-order valence-electron chi connectivity index (χ3n) is 5.33. The topological polar surface area (TPSA) is 38.9 Å². The first-order chi connectivity index (χ1) is 14.0. The van der Waals surface area contributed by atoms with Crippen molar-refractivity contribution in [3.63, 3.8) is 0 Å². The summed E-state index contributed by atoms with van der Waals surface area (Å²) >= 11 is 0. The molecule has 0 unspecified atom stereocenters. The van der Waals surface area contributed by atoms with E-state index in [9.17, 15) is 0 Å². The Hall–Kier alpha value is -3.46. The minimum absolute atomic E-state index is 0.0406. The summed E-state index contributed by atoms with van der Waals surface area (Å²) in [7, 11) is 0. The minimum Gasteiger partial charge on any atom is -0.454 e. The molecule has 0 saturated carbocycles. The molecule has 0 saturated heterocycles. The Morgan fingerprint density at radius 3 is 2.48 bits per heavy atom. The molecule has 0 amide bonds. The first-order valence-corrected chi connectivity index (χ1v) is 9.83. The second kappa shape index (κ2) is 6.56. The first-order valence-electron chi connectivity index (χ1n) is 9.83. The predicted octanol–water partition coefficient (Wildman–Crippen LogP) is 7.01. The van der Waals surface area contributed by atoms with E-state index in [1.165, 1.54) is 16.3 Å². The zero-order valence-electron chi connectivity index (χ0n) is 16.8. The molecule has 0 aliphatic carbocycles. The number of hydrogen-bond acceptors (Lipinski definition) is 3. The lowest BCUT2D eigenvalue weighted by molar-refractivity contribution is 0.596.